The molecule has 0 bridgehead atoms. The van der Waals surface area contributed by atoms with Crippen LogP contribution in [0.1, 0.15) is 72.8 Å². The molecule has 1 N–H and O–H groups in total. The summed E-state index contributed by atoms with van der Waals surface area (Å²) in [4.78, 5) is 45.8. The van der Waals surface area contributed by atoms with Gasteiger partial charge in [-0.25, -0.2) is 19.0 Å². The van der Waals surface area contributed by atoms with E-state index in [0.29, 0.717) is 48.7 Å². The fourth-order valence-electron chi connectivity index (χ4n) is 5.66. The van der Waals surface area contributed by atoms with Gasteiger partial charge in [-0.1, -0.05) is 12.1 Å². The highest BCUT2D eigenvalue weighted by atomic mass is 19.1. The zero-order chi connectivity index (χ0) is 32.7. The molecule has 11 heteroatoms. The standard InChI is InChI=1S/C34H47FN4O6/c1-22(2)43-33(42)39-17-13-24(14-18-39)23(3)44-30-12-11-27(21-36-30)25-9-10-26(28(35)19-25)20-29(31(40)38-15-7-8-16-38)37-32(41)45-34(4,5)6/h9-12,19,21-24,29H,7-8,13-18,20H2,1-6H3,(H,37,41)/t23-,29?/m0/s1. The van der Waals surface area contributed by atoms with Crippen molar-refractivity contribution in [2.75, 3.05) is 26.2 Å². The van der Waals surface area contributed by atoms with Gasteiger partial charge in [-0.05, 0) is 96.4 Å². The van der Waals surface area contributed by atoms with Crippen molar-refractivity contribution < 1.29 is 33.0 Å². The maximum Gasteiger partial charge on any atom is 0.410 e. The number of piperidine rings is 1. The highest BCUT2D eigenvalue weighted by molar-refractivity contribution is 5.86. The highest BCUT2D eigenvalue weighted by Gasteiger charge is 2.31. The number of rotatable bonds is 9. The topological polar surface area (TPSA) is 110 Å². The van der Waals surface area contributed by atoms with E-state index in [1.54, 1.807) is 55.0 Å². The monoisotopic (exact) mass is 626 g/mol. The summed E-state index contributed by atoms with van der Waals surface area (Å²) in [5.74, 6) is 0.0361. The molecular weight excluding hydrogens is 579 g/mol. The van der Waals surface area contributed by atoms with E-state index in [1.807, 2.05) is 26.8 Å². The van der Waals surface area contributed by atoms with Gasteiger partial charge in [0.1, 0.15) is 23.6 Å². The van der Waals surface area contributed by atoms with Gasteiger partial charge in [0.2, 0.25) is 11.8 Å². The van der Waals surface area contributed by atoms with Crippen molar-refractivity contribution >= 4 is 18.1 Å². The Balaban J connectivity index is 1.36. The number of likely N-dealkylation sites (tertiary alicyclic amines) is 2. The highest BCUT2D eigenvalue weighted by Crippen LogP contribution is 2.27. The van der Waals surface area contributed by atoms with Crippen molar-refractivity contribution in [2.24, 2.45) is 5.92 Å². The number of hydrogen-bond donors (Lipinski definition) is 1. The second-order valence-electron chi connectivity index (χ2n) is 13.2. The number of pyridine rings is 1. The van der Waals surface area contributed by atoms with E-state index < -0.39 is 23.6 Å². The number of nitrogens with one attached hydrogen (secondary N) is 1. The fraction of sp³-hybridized carbons (Fsp3) is 0.588. The molecular formula is C34H47FN4O6. The molecule has 3 amide bonds. The van der Waals surface area contributed by atoms with E-state index in [-0.39, 0.29) is 36.5 Å². The second kappa shape index (κ2) is 14.9. The first-order valence-corrected chi connectivity index (χ1v) is 15.9. The number of halogens is 1. The van der Waals surface area contributed by atoms with Crippen LogP contribution < -0.4 is 10.1 Å². The SMILES string of the molecule is CC(C)OC(=O)N1CCC([C@H](C)Oc2ccc(-c3ccc(CC(NC(=O)OC(C)(C)C)C(=O)N4CCCC4)c(F)c3)cn2)CC1. The van der Waals surface area contributed by atoms with Crippen molar-refractivity contribution in [3.05, 3.63) is 47.9 Å². The summed E-state index contributed by atoms with van der Waals surface area (Å²) in [6.07, 6.45) is 3.87. The van der Waals surface area contributed by atoms with Crippen LogP contribution in [0, 0.1) is 11.7 Å². The molecule has 0 aliphatic carbocycles. The summed E-state index contributed by atoms with van der Waals surface area (Å²) in [6.45, 7) is 13.4. The largest absolute Gasteiger partial charge is 0.474 e. The average Bonchev–Trinajstić information content (AvgIpc) is 3.52. The molecule has 3 heterocycles. The molecule has 2 fully saturated rings. The Kier molecular flexibility index (Phi) is 11.3. The van der Waals surface area contributed by atoms with E-state index in [0.717, 1.165) is 25.7 Å². The Morgan fingerprint density at radius 3 is 2.22 bits per heavy atom. The molecule has 2 aliphatic heterocycles. The molecule has 0 radical (unpaired) electrons. The zero-order valence-corrected chi connectivity index (χ0v) is 27.3. The number of carbonyl (C=O) groups excluding carboxylic acids is 3. The van der Waals surface area contributed by atoms with Gasteiger partial charge in [-0.2, -0.15) is 0 Å². The number of benzene rings is 1. The molecule has 0 spiro atoms. The predicted molar refractivity (Wildman–Crippen MR) is 168 cm³/mol. The molecule has 1 aromatic carbocycles. The normalized spacial score (nSPS) is 17.2. The maximum atomic E-state index is 15.4. The molecule has 2 aromatic rings. The van der Waals surface area contributed by atoms with E-state index in [4.69, 9.17) is 14.2 Å². The molecule has 2 aliphatic rings. The van der Waals surface area contributed by atoms with Crippen LogP contribution in [0.2, 0.25) is 0 Å². The Bertz CT molecular complexity index is 1310. The summed E-state index contributed by atoms with van der Waals surface area (Å²) >= 11 is 0. The first-order valence-electron chi connectivity index (χ1n) is 15.9. The van der Waals surface area contributed by atoms with Crippen LogP contribution in [-0.2, 0) is 20.7 Å². The third-order valence-electron chi connectivity index (χ3n) is 8.06. The first-order chi connectivity index (χ1) is 21.3. The molecule has 10 nitrogen and oxygen atoms in total. The van der Waals surface area contributed by atoms with E-state index in [1.165, 1.54) is 6.07 Å². The van der Waals surface area contributed by atoms with Gasteiger partial charge < -0.3 is 29.3 Å². The number of nitrogens with zero attached hydrogens (tertiary/aromatic N) is 3. The Morgan fingerprint density at radius 1 is 0.978 bits per heavy atom. The van der Waals surface area contributed by atoms with Gasteiger partial charge in [-0.15, -0.1) is 0 Å². The Hall–Kier alpha value is -3.89. The van der Waals surface area contributed by atoms with E-state index in [2.05, 4.69) is 10.3 Å². The maximum absolute atomic E-state index is 15.4. The van der Waals surface area contributed by atoms with Gasteiger partial charge in [0.05, 0.1) is 6.10 Å². The van der Waals surface area contributed by atoms with Crippen LogP contribution in [-0.4, -0.2) is 82.9 Å². The number of carbonyl (C=O) groups is 3. The van der Waals surface area contributed by atoms with Crippen molar-refractivity contribution in [3.63, 3.8) is 0 Å². The summed E-state index contributed by atoms with van der Waals surface area (Å²) in [5, 5.41) is 2.67. The summed E-state index contributed by atoms with van der Waals surface area (Å²) in [6, 6.07) is 7.49. The number of aromatic nitrogens is 1. The Labute approximate surface area is 265 Å². The van der Waals surface area contributed by atoms with Gasteiger partial charge in [0.15, 0.2) is 0 Å². The molecule has 0 saturated carbocycles. The summed E-state index contributed by atoms with van der Waals surface area (Å²) < 4.78 is 32.2. The van der Waals surface area contributed by atoms with Gasteiger partial charge in [0, 0.05) is 50.4 Å². The summed E-state index contributed by atoms with van der Waals surface area (Å²) in [5.41, 5.74) is 0.936. The van der Waals surface area contributed by atoms with Crippen LogP contribution in [0.15, 0.2) is 36.5 Å². The van der Waals surface area contributed by atoms with Crippen LogP contribution in [0.5, 0.6) is 5.88 Å². The van der Waals surface area contributed by atoms with Gasteiger partial charge >= 0.3 is 12.2 Å². The van der Waals surface area contributed by atoms with Crippen molar-refractivity contribution in [1.82, 2.24) is 20.1 Å². The lowest BCUT2D eigenvalue weighted by atomic mass is 9.92. The summed E-state index contributed by atoms with van der Waals surface area (Å²) in [7, 11) is 0. The third kappa shape index (κ3) is 9.80. The fourth-order valence-corrected chi connectivity index (χ4v) is 5.66. The number of ether oxygens (including phenoxy) is 3. The third-order valence-corrected chi connectivity index (χ3v) is 8.06. The van der Waals surface area contributed by atoms with Gasteiger partial charge in [0.25, 0.3) is 0 Å². The minimum absolute atomic E-state index is 0.00143. The minimum Gasteiger partial charge on any atom is -0.474 e. The number of amides is 3. The lowest BCUT2D eigenvalue weighted by molar-refractivity contribution is -0.132. The molecule has 246 valence electrons. The minimum atomic E-state index is -0.945. The lowest BCUT2D eigenvalue weighted by Gasteiger charge is -2.34. The molecule has 2 atom stereocenters. The molecule has 1 unspecified atom stereocenters. The quantitative estimate of drug-likeness (QED) is 0.365. The molecule has 45 heavy (non-hydrogen) atoms. The molecule has 4 rings (SSSR count). The molecule has 1 aromatic heterocycles. The average molecular weight is 627 g/mol. The number of hydrogen-bond acceptors (Lipinski definition) is 7. The number of alkyl carbamates (subject to hydrolysis) is 1. The van der Waals surface area contributed by atoms with Crippen molar-refractivity contribution in [2.45, 2.75) is 97.5 Å². The van der Waals surface area contributed by atoms with Crippen LogP contribution in [0.25, 0.3) is 11.1 Å². The smallest absolute Gasteiger partial charge is 0.410 e. The van der Waals surface area contributed by atoms with E-state index >= 15 is 4.39 Å². The Morgan fingerprint density at radius 2 is 1.64 bits per heavy atom. The van der Waals surface area contributed by atoms with Crippen molar-refractivity contribution in [3.8, 4) is 17.0 Å². The van der Waals surface area contributed by atoms with Crippen LogP contribution >= 0.6 is 0 Å². The van der Waals surface area contributed by atoms with Crippen LogP contribution in [0.4, 0.5) is 14.0 Å². The van der Waals surface area contributed by atoms with E-state index in [9.17, 15) is 14.4 Å². The second-order valence-corrected chi connectivity index (χ2v) is 13.2. The zero-order valence-electron chi connectivity index (χ0n) is 27.3. The van der Waals surface area contributed by atoms with Gasteiger partial charge in [-0.3, -0.25) is 4.79 Å². The predicted octanol–water partition coefficient (Wildman–Crippen LogP) is 5.97. The first kappa shape index (κ1) is 34.0. The lowest BCUT2D eigenvalue weighted by Crippen LogP contribution is -2.50. The molecule has 2 saturated heterocycles. The van der Waals surface area contributed by atoms with Crippen molar-refractivity contribution in [1.29, 1.82) is 0 Å². The van der Waals surface area contributed by atoms with Crippen LogP contribution in [0.3, 0.4) is 0 Å².